The molecule has 0 spiro atoms. The van der Waals surface area contributed by atoms with E-state index in [2.05, 4.69) is 5.32 Å². The smallest absolute Gasteiger partial charge is 0.265 e. The molecule has 3 aliphatic rings. The van der Waals surface area contributed by atoms with Gasteiger partial charge in [0.1, 0.15) is 10.6 Å². The van der Waals surface area contributed by atoms with Gasteiger partial charge in [0.15, 0.2) is 6.10 Å². The molecule has 2 aliphatic heterocycles. The molecule has 2 heterocycles. The summed E-state index contributed by atoms with van der Waals surface area (Å²) in [6.45, 7) is 2.79. The number of amides is 2. The molecule has 0 bridgehead atoms. The SMILES string of the molecule is C[C@H]1Oc2cc(S(=O)(=O)N3CCN(C(=O)C4CCCCC4)CC3)c(Cl)cc2NC1=O. The van der Waals surface area contributed by atoms with E-state index < -0.39 is 16.1 Å². The highest BCUT2D eigenvalue weighted by atomic mass is 35.5. The van der Waals surface area contributed by atoms with Crippen LogP contribution in [0.5, 0.6) is 5.75 Å². The van der Waals surface area contributed by atoms with E-state index in [4.69, 9.17) is 16.3 Å². The molecule has 0 aromatic heterocycles. The Hall–Kier alpha value is -1.84. The summed E-state index contributed by atoms with van der Waals surface area (Å²) in [6, 6.07) is 2.76. The Labute approximate surface area is 181 Å². The minimum Gasteiger partial charge on any atom is -0.479 e. The number of hydrogen-bond acceptors (Lipinski definition) is 5. The number of benzene rings is 1. The summed E-state index contributed by atoms with van der Waals surface area (Å²) in [7, 11) is -3.86. The Kier molecular flexibility index (Phi) is 5.96. The number of piperazine rings is 1. The lowest BCUT2D eigenvalue weighted by molar-refractivity contribution is -0.137. The molecule has 8 nitrogen and oxygen atoms in total. The van der Waals surface area contributed by atoms with Crippen LogP contribution in [0.4, 0.5) is 5.69 Å². The van der Waals surface area contributed by atoms with E-state index in [0.717, 1.165) is 25.7 Å². The fraction of sp³-hybridized carbons (Fsp3) is 0.600. The van der Waals surface area contributed by atoms with Crippen LogP contribution >= 0.6 is 11.6 Å². The molecule has 2 fully saturated rings. The fourth-order valence-corrected chi connectivity index (χ4v) is 6.24. The fourth-order valence-electron chi connectivity index (χ4n) is 4.30. The molecule has 2 amide bonds. The molecule has 1 atom stereocenters. The van der Waals surface area contributed by atoms with Gasteiger partial charge in [-0.25, -0.2) is 8.42 Å². The standard InChI is InChI=1S/C20H26ClN3O5S/c1-13-19(25)22-16-11-15(21)18(12-17(16)29-13)30(27,28)24-9-7-23(8-10-24)20(26)14-5-3-2-4-6-14/h11-14H,2-10H2,1H3,(H,22,25)/t13-/m1/s1. The molecule has 1 saturated carbocycles. The monoisotopic (exact) mass is 455 g/mol. The first-order valence-corrected chi connectivity index (χ1v) is 12.2. The average Bonchev–Trinajstić information content (AvgIpc) is 2.74. The zero-order valence-electron chi connectivity index (χ0n) is 16.9. The molecule has 1 aromatic carbocycles. The summed E-state index contributed by atoms with van der Waals surface area (Å²) in [5.41, 5.74) is 0.352. The van der Waals surface area contributed by atoms with Crippen molar-refractivity contribution in [2.24, 2.45) is 5.92 Å². The van der Waals surface area contributed by atoms with Crippen LogP contribution in [-0.4, -0.2) is 61.7 Å². The van der Waals surface area contributed by atoms with Gasteiger partial charge >= 0.3 is 0 Å². The Balaban J connectivity index is 1.48. The number of hydrogen-bond donors (Lipinski definition) is 1. The minimum absolute atomic E-state index is 0.0212. The number of nitrogens with one attached hydrogen (secondary N) is 1. The van der Waals surface area contributed by atoms with Gasteiger partial charge in [-0.15, -0.1) is 0 Å². The van der Waals surface area contributed by atoms with Crippen molar-refractivity contribution in [2.45, 2.75) is 50.0 Å². The van der Waals surface area contributed by atoms with Crippen molar-refractivity contribution >= 4 is 39.1 Å². The Bertz CT molecular complexity index is 953. The average molecular weight is 456 g/mol. The number of ether oxygens (including phenoxy) is 1. The topological polar surface area (TPSA) is 96.0 Å². The van der Waals surface area contributed by atoms with Gasteiger partial charge in [0.05, 0.1) is 10.7 Å². The van der Waals surface area contributed by atoms with E-state index in [1.807, 2.05) is 0 Å². The number of sulfonamides is 1. The summed E-state index contributed by atoms with van der Waals surface area (Å²) >= 11 is 6.25. The van der Waals surface area contributed by atoms with E-state index in [-0.39, 0.29) is 46.5 Å². The maximum absolute atomic E-state index is 13.2. The lowest BCUT2D eigenvalue weighted by Gasteiger charge is -2.36. The second-order valence-electron chi connectivity index (χ2n) is 8.09. The van der Waals surface area contributed by atoms with Crippen LogP contribution in [0.1, 0.15) is 39.0 Å². The predicted molar refractivity (Wildman–Crippen MR) is 112 cm³/mol. The number of anilines is 1. The number of carbonyl (C=O) groups excluding carboxylic acids is 2. The van der Waals surface area contributed by atoms with Crippen LogP contribution in [-0.2, 0) is 19.6 Å². The minimum atomic E-state index is -3.86. The van der Waals surface area contributed by atoms with Gasteiger partial charge in [0.2, 0.25) is 15.9 Å². The van der Waals surface area contributed by atoms with Crippen molar-refractivity contribution in [2.75, 3.05) is 31.5 Å². The highest BCUT2D eigenvalue weighted by molar-refractivity contribution is 7.89. The first-order chi connectivity index (χ1) is 14.3. The van der Waals surface area contributed by atoms with E-state index in [0.29, 0.717) is 18.8 Å². The predicted octanol–water partition coefficient (Wildman–Crippen LogP) is 2.47. The van der Waals surface area contributed by atoms with Crippen LogP contribution in [0.2, 0.25) is 5.02 Å². The molecule has 0 unspecified atom stereocenters. The van der Waals surface area contributed by atoms with Gasteiger partial charge in [0, 0.05) is 38.2 Å². The zero-order chi connectivity index (χ0) is 21.5. The Morgan fingerprint density at radius 3 is 2.47 bits per heavy atom. The highest BCUT2D eigenvalue weighted by Gasteiger charge is 2.35. The third-order valence-corrected chi connectivity index (χ3v) is 8.45. The first kappa shape index (κ1) is 21.4. The van der Waals surface area contributed by atoms with Gasteiger partial charge in [0.25, 0.3) is 5.91 Å². The summed E-state index contributed by atoms with van der Waals surface area (Å²) < 4.78 is 33.3. The maximum atomic E-state index is 13.2. The molecule has 4 rings (SSSR count). The van der Waals surface area contributed by atoms with Crippen LogP contribution < -0.4 is 10.1 Å². The van der Waals surface area contributed by atoms with Crippen molar-refractivity contribution in [1.29, 1.82) is 0 Å². The van der Waals surface area contributed by atoms with E-state index >= 15 is 0 Å². The number of nitrogens with zero attached hydrogens (tertiary/aromatic N) is 2. The highest BCUT2D eigenvalue weighted by Crippen LogP contribution is 2.38. The van der Waals surface area contributed by atoms with Crippen LogP contribution in [0.15, 0.2) is 17.0 Å². The number of fused-ring (bicyclic) bond motifs is 1. The van der Waals surface area contributed by atoms with E-state index in [1.54, 1.807) is 11.8 Å². The maximum Gasteiger partial charge on any atom is 0.265 e. The molecular formula is C20H26ClN3O5S. The normalized spacial score (nSPS) is 23.5. The zero-order valence-corrected chi connectivity index (χ0v) is 18.5. The van der Waals surface area contributed by atoms with Crippen LogP contribution in [0.25, 0.3) is 0 Å². The summed E-state index contributed by atoms with van der Waals surface area (Å²) in [5.74, 6) is 0.187. The van der Waals surface area contributed by atoms with Crippen molar-refractivity contribution in [3.05, 3.63) is 17.2 Å². The molecule has 30 heavy (non-hydrogen) atoms. The number of rotatable bonds is 3. The summed E-state index contributed by atoms with van der Waals surface area (Å²) in [6.07, 6.45) is 4.49. The second-order valence-corrected chi connectivity index (χ2v) is 10.4. The molecule has 1 N–H and O–H groups in total. The van der Waals surface area contributed by atoms with Gasteiger partial charge in [-0.05, 0) is 25.8 Å². The molecule has 0 radical (unpaired) electrons. The molecule has 164 valence electrons. The number of carbonyl (C=O) groups is 2. The Morgan fingerprint density at radius 1 is 1.13 bits per heavy atom. The van der Waals surface area contributed by atoms with Gasteiger partial charge in [-0.1, -0.05) is 30.9 Å². The van der Waals surface area contributed by atoms with Gasteiger partial charge < -0.3 is 15.0 Å². The third kappa shape index (κ3) is 4.02. The van der Waals surface area contributed by atoms with Crippen LogP contribution in [0, 0.1) is 5.92 Å². The van der Waals surface area contributed by atoms with Crippen molar-refractivity contribution in [3.8, 4) is 5.75 Å². The van der Waals surface area contributed by atoms with Crippen molar-refractivity contribution in [3.63, 3.8) is 0 Å². The third-order valence-electron chi connectivity index (χ3n) is 6.09. The molecular weight excluding hydrogens is 430 g/mol. The van der Waals surface area contributed by atoms with E-state index in [9.17, 15) is 18.0 Å². The lowest BCUT2D eigenvalue weighted by Crippen LogP contribution is -2.52. The van der Waals surface area contributed by atoms with Crippen molar-refractivity contribution in [1.82, 2.24) is 9.21 Å². The van der Waals surface area contributed by atoms with E-state index in [1.165, 1.54) is 22.9 Å². The molecule has 1 aliphatic carbocycles. The quantitative estimate of drug-likeness (QED) is 0.755. The molecule has 10 heteroatoms. The summed E-state index contributed by atoms with van der Waals surface area (Å²) in [5, 5.41) is 2.68. The van der Waals surface area contributed by atoms with Crippen LogP contribution in [0.3, 0.4) is 0 Å². The lowest BCUT2D eigenvalue weighted by atomic mass is 9.88. The summed E-state index contributed by atoms with van der Waals surface area (Å²) in [4.78, 5) is 26.2. The Morgan fingerprint density at radius 2 is 1.80 bits per heavy atom. The molecule has 1 aromatic rings. The van der Waals surface area contributed by atoms with Gasteiger partial charge in [-0.2, -0.15) is 4.31 Å². The van der Waals surface area contributed by atoms with Gasteiger partial charge in [-0.3, -0.25) is 9.59 Å². The number of halogens is 1. The van der Waals surface area contributed by atoms with Crippen molar-refractivity contribution < 1.29 is 22.7 Å². The largest absolute Gasteiger partial charge is 0.479 e. The second kappa shape index (κ2) is 8.36. The molecule has 1 saturated heterocycles. The first-order valence-electron chi connectivity index (χ1n) is 10.4.